The molecule has 1 heterocycles. The van der Waals surface area contributed by atoms with Crippen molar-refractivity contribution in [2.75, 3.05) is 20.2 Å². The summed E-state index contributed by atoms with van der Waals surface area (Å²) in [4.78, 5) is 15.2. The molecule has 0 fully saturated rings. The fourth-order valence-electron chi connectivity index (χ4n) is 3.32. The maximum absolute atomic E-state index is 13.3. The Balaban J connectivity index is 1.99. The maximum Gasteiger partial charge on any atom is 0.240 e. The fraction of sp³-hybridized carbons (Fsp3) is 0.292. The summed E-state index contributed by atoms with van der Waals surface area (Å²) in [7, 11) is 1.64. The predicted octanol–water partition coefficient (Wildman–Crippen LogP) is 4.84. The number of ether oxygens (including phenoxy) is 1. The summed E-state index contributed by atoms with van der Waals surface area (Å²) < 4.78 is 7.25. The highest BCUT2D eigenvalue weighted by Crippen LogP contribution is 2.37. The lowest BCUT2D eigenvalue weighted by Gasteiger charge is -2.25. The number of rotatable bonds is 10. The molecule has 2 aromatic carbocycles. The van der Waals surface area contributed by atoms with Crippen molar-refractivity contribution in [1.29, 1.82) is 0 Å². The lowest BCUT2D eigenvalue weighted by atomic mass is 10.1. The minimum absolute atomic E-state index is 0.0698. The van der Waals surface area contributed by atoms with E-state index in [4.69, 9.17) is 4.74 Å². The Hall–Kier alpha value is -3.06. The first-order valence-corrected chi connectivity index (χ1v) is 11.2. The first-order chi connectivity index (χ1) is 15.1. The summed E-state index contributed by atoms with van der Waals surface area (Å²) in [5.74, 6) is 1.58. The molecule has 162 valence electrons. The Morgan fingerprint density at radius 1 is 1.13 bits per heavy atom. The van der Waals surface area contributed by atoms with Crippen LogP contribution in [0.3, 0.4) is 0 Å². The molecule has 0 aliphatic heterocycles. The molecule has 0 N–H and O–H groups in total. The highest BCUT2D eigenvalue weighted by molar-refractivity contribution is 8.00. The van der Waals surface area contributed by atoms with Crippen LogP contribution in [0.5, 0.6) is 5.75 Å². The molecule has 1 amide bonds. The summed E-state index contributed by atoms with van der Waals surface area (Å²) in [5, 5.41) is 9.14. The van der Waals surface area contributed by atoms with Crippen molar-refractivity contribution < 1.29 is 9.53 Å². The molecule has 0 radical (unpaired) electrons. The average Bonchev–Trinajstić information content (AvgIpc) is 3.21. The van der Waals surface area contributed by atoms with Crippen LogP contribution in [0, 0.1) is 0 Å². The third kappa shape index (κ3) is 5.17. The SMILES string of the molecule is C=CCn1c(SC(C(=O)N(CC)CC)c2ccccc2)nnc1-c1ccc(OC)cc1. The van der Waals surface area contributed by atoms with Gasteiger partial charge in [-0.15, -0.1) is 16.8 Å². The van der Waals surface area contributed by atoms with Crippen LogP contribution in [0.25, 0.3) is 11.4 Å². The van der Waals surface area contributed by atoms with Gasteiger partial charge in [0.1, 0.15) is 11.0 Å². The highest BCUT2D eigenvalue weighted by atomic mass is 32.2. The van der Waals surface area contributed by atoms with E-state index >= 15 is 0 Å². The molecule has 3 aromatic rings. The molecule has 1 aromatic heterocycles. The van der Waals surface area contributed by atoms with Crippen LogP contribution in [0.2, 0.25) is 0 Å². The van der Waals surface area contributed by atoms with Crippen molar-refractivity contribution in [2.24, 2.45) is 0 Å². The Morgan fingerprint density at radius 3 is 2.39 bits per heavy atom. The van der Waals surface area contributed by atoms with E-state index in [0.29, 0.717) is 24.8 Å². The molecule has 7 heteroatoms. The Bertz CT molecular complexity index is 998. The molecule has 0 saturated heterocycles. The van der Waals surface area contributed by atoms with E-state index in [1.807, 2.05) is 84.0 Å². The number of likely N-dealkylation sites (N-methyl/N-ethyl adjacent to an activating group) is 1. The third-order valence-corrected chi connectivity index (χ3v) is 6.22. The van der Waals surface area contributed by atoms with Gasteiger partial charge in [0, 0.05) is 25.2 Å². The van der Waals surface area contributed by atoms with Gasteiger partial charge in [0.25, 0.3) is 0 Å². The molecular weight excluding hydrogens is 408 g/mol. The van der Waals surface area contributed by atoms with Gasteiger partial charge in [-0.05, 0) is 43.7 Å². The molecule has 0 aliphatic rings. The summed E-state index contributed by atoms with van der Waals surface area (Å²) >= 11 is 1.42. The number of aromatic nitrogens is 3. The Labute approximate surface area is 187 Å². The van der Waals surface area contributed by atoms with Crippen LogP contribution in [-0.4, -0.2) is 45.8 Å². The van der Waals surface area contributed by atoms with E-state index in [0.717, 1.165) is 22.7 Å². The van der Waals surface area contributed by atoms with Crippen molar-refractivity contribution in [1.82, 2.24) is 19.7 Å². The zero-order chi connectivity index (χ0) is 22.2. The molecule has 6 nitrogen and oxygen atoms in total. The van der Waals surface area contributed by atoms with Gasteiger partial charge in [0.15, 0.2) is 11.0 Å². The minimum atomic E-state index is -0.405. The third-order valence-electron chi connectivity index (χ3n) is 5.00. The van der Waals surface area contributed by atoms with Gasteiger partial charge in [-0.3, -0.25) is 9.36 Å². The number of methoxy groups -OCH3 is 1. The number of carbonyl (C=O) groups excluding carboxylic acids is 1. The number of thioether (sulfide) groups is 1. The first-order valence-electron chi connectivity index (χ1n) is 10.3. The molecule has 0 spiro atoms. The maximum atomic E-state index is 13.3. The smallest absolute Gasteiger partial charge is 0.240 e. The van der Waals surface area contributed by atoms with Gasteiger partial charge in [0.05, 0.1) is 7.11 Å². The number of nitrogens with zero attached hydrogens (tertiary/aromatic N) is 4. The van der Waals surface area contributed by atoms with Gasteiger partial charge in [-0.2, -0.15) is 0 Å². The van der Waals surface area contributed by atoms with Crippen molar-refractivity contribution in [3.8, 4) is 17.1 Å². The van der Waals surface area contributed by atoms with Gasteiger partial charge in [-0.1, -0.05) is 48.2 Å². The van der Waals surface area contributed by atoms with Crippen LogP contribution in [-0.2, 0) is 11.3 Å². The number of hydrogen-bond acceptors (Lipinski definition) is 5. The topological polar surface area (TPSA) is 60.2 Å². The number of benzene rings is 2. The second kappa shape index (κ2) is 10.8. The Morgan fingerprint density at radius 2 is 1.81 bits per heavy atom. The number of carbonyl (C=O) groups is 1. The molecule has 0 saturated carbocycles. The second-order valence-electron chi connectivity index (χ2n) is 6.85. The van der Waals surface area contributed by atoms with E-state index < -0.39 is 5.25 Å². The average molecular weight is 437 g/mol. The minimum Gasteiger partial charge on any atom is -0.497 e. The molecule has 0 bridgehead atoms. The van der Waals surface area contributed by atoms with Gasteiger partial charge in [-0.25, -0.2) is 0 Å². The molecule has 3 rings (SSSR count). The van der Waals surface area contributed by atoms with Crippen molar-refractivity contribution >= 4 is 17.7 Å². The first kappa shape index (κ1) is 22.6. The molecule has 31 heavy (non-hydrogen) atoms. The monoisotopic (exact) mass is 436 g/mol. The number of allylic oxidation sites excluding steroid dienone is 1. The zero-order valence-corrected chi connectivity index (χ0v) is 19.0. The second-order valence-corrected chi connectivity index (χ2v) is 7.93. The van der Waals surface area contributed by atoms with Crippen LogP contribution in [0.4, 0.5) is 0 Å². The standard InChI is InChI=1S/C24H28N4O2S/c1-5-17-28-22(19-13-15-20(30-4)16-14-19)25-26-24(28)31-21(18-11-9-8-10-12-18)23(29)27(6-2)7-3/h5,8-16,21H,1,6-7,17H2,2-4H3. The largest absolute Gasteiger partial charge is 0.497 e. The molecule has 1 unspecified atom stereocenters. The lowest BCUT2D eigenvalue weighted by Crippen LogP contribution is -2.34. The van der Waals surface area contributed by atoms with Gasteiger partial charge < -0.3 is 9.64 Å². The van der Waals surface area contributed by atoms with Crippen molar-refractivity contribution in [3.05, 3.63) is 72.8 Å². The quantitative estimate of drug-likeness (QED) is 0.336. The van der Waals surface area contributed by atoms with Gasteiger partial charge >= 0.3 is 0 Å². The lowest BCUT2D eigenvalue weighted by molar-refractivity contribution is -0.130. The summed E-state index contributed by atoms with van der Waals surface area (Å²) in [6.07, 6.45) is 1.81. The van der Waals surface area contributed by atoms with Gasteiger partial charge in [0.2, 0.25) is 5.91 Å². The van der Waals surface area contributed by atoms with E-state index in [9.17, 15) is 4.79 Å². The zero-order valence-electron chi connectivity index (χ0n) is 18.2. The van der Waals surface area contributed by atoms with Crippen LogP contribution >= 0.6 is 11.8 Å². The van der Waals surface area contributed by atoms with Crippen LogP contribution < -0.4 is 4.74 Å². The summed E-state index contributed by atoms with van der Waals surface area (Å²) in [5.41, 5.74) is 1.87. The van der Waals surface area contributed by atoms with E-state index in [1.54, 1.807) is 7.11 Å². The molecule has 1 atom stereocenters. The molecule has 0 aliphatic carbocycles. The van der Waals surface area contributed by atoms with E-state index in [1.165, 1.54) is 11.8 Å². The Kier molecular flexibility index (Phi) is 7.89. The van der Waals surface area contributed by atoms with E-state index in [-0.39, 0.29) is 5.91 Å². The molecular formula is C24H28N4O2S. The van der Waals surface area contributed by atoms with Crippen molar-refractivity contribution in [2.45, 2.75) is 30.8 Å². The normalized spacial score (nSPS) is 11.7. The van der Waals surface area contributed by atoms with Crippen LogP contribution in [0.1, 0.15) is 24.7 Å². The highest BCUT2D eigenvalue weighted by Gasteiger charge is 2.28. The number of hydrogen-bond donors (Lipinski definition) is 0. The predicted molar refractivity (Wildman–Crippen MR) is 125 cm³/mol. The fourth-order valence-corrected chi connectivity index (χ4v) is 4.45. The van der Waals surface area contributed by atoms with E-state index in [2.05, 4.69) is 16.8 Å². The van der Waals surface area contributed by atoms with Crippen LogP contribution in [0.15, 0.2) is 72.4 Å². The summed E-state index contributed by atoms with van der Waals surface area (Å²) in [6.45, 7) is 9.74. The van der Waals surface area contributed by atoms with Crippen molar-refractivity contribution in [3.63, 3.8) is 0 Å². The number of amides is 1. The summed E-state index contributed by atoms with van der Waals surface area (Å²) in [6, 6.07) is 17.5.